The van der Waals surface area contributed by atoms with Gasteiger partial charge in [0.15, 0.2) is 5.78 Å². The summed E-state index contributed by atoms with van der Waals surface area (Å²) < 4.78 is 0. The van der Waals surface area contributed by atoms with Crippen LogP contribution in [0.3, 0.4) is 0 Å². The van der Waals surface area contributed by atoms with Crippen LogP contribution in [0, 0.1) is 6.92 Å². The van der Waals surface area contributed by atoms with Crippen molar-refractivity contribution in [2.75, 3.05) is 5.32 Å². The molecule has 0 heterocycles. The minimum atomic E-state index is 0.0773. The number of nitrogens with one attached hydrogen (secondary N) is 1. The number of hydrogen-bond donors (Lipinski definition) is 1. The summed E-state index contributed by atoms with van der Waals surface area (Å²) >= 11 is 0. The smallest absolute Gasteiger partial charge is 0.168 e. The lowest BCUT2D eigenvalue weighted by atomic mass is 10.1. The number of carbonyl (C=O) groups is 1. The van der Waals surface area contributed by atoms with E-state index >= 15 is 0 Å². The number of carbonyl (C=O) groups excluding carboxylic acids is 1. The maximum Gasteiger partial charge on any atom is 0.168 e. The Morgan fingerprint density at radius 1 is 1.05 bits per heavy atom. The highest BCUT2D eigenvalue weighted by atomic mass is 16.1. The van der Waals surface area contributed by atoms with E-state index in [1.807, 2.05) is 61.5 Å². The van der Waals surface area contributed by atoms with Crippen LogP contribution in [-0.2, 0) is 0 Å². The van der Waals surface area contributed by atoms with Gasteiger partial charge in [0, 0.05) is 16.9 Å². The minimum Gasteiger partial charge on any atom is -0.359 e. The Kier molecular flexibility index (Phi) is 4.14. The lowest BCUT2D eigenvalue weighted by molar-refractivity contribution is 0.0993. The van der Waals surface area contributed by atoms with Gasteiger partial charge in [-0.15, -0.1) is 0 Å². The van der Waals surface area contributed by atoms with Crippen molar-refractivity contribution >= 4 is 11.5 Å². The van der Waals surface area contributed by atoms with E-state index in [1.54, 1.807) is 0 Å². The van der Waals surface area contributed by atoms with E-state index in [0.29, 0.717) is 12.1 Å². The van der Waals surface area contributed by atoms with E-state index in [0.717, 1.165) is 16.8 Å². The molecule has 0 radical (unpaired) electrons. The van der Waals surface area contributed by atoms with Crippen LogP contribution in [0.5, 0.6) is 0 Å². The molecule has 0 aliphatic carbocycles. The van der Waals surface area contributed by atoms with Crippen molar-refractivity contribution in [2.45, 2.75) is 13.3 Å². The van der Waals surface area contributed by atoms with Crippen molar-refractivity contribution < 1.29 is 4.79 Å². The molecule has 0 fully saturated rings. The van der Waals surface area contributed by atoms with Crippen LogP contribution in [0.4, 0.5) is 5.69 Å². The molecule has 2 nitrogen and oxygen atoms in total. The summed E-state index contributed by atoms with van der Waals surface area (Å²) in [7, 11) is 0. The monoisotopic (exact) mass is 251 g/mol. The first kappa shape index (κ1) is 13.1. The summed E-state index contributed by atoms with van der Waals surface area (Å²) in [6, 6.07) is 17.3. The van der Waals surface area contributed by atoms with E-state index in [1.165, 1.54) is 0 Å². The first-order valence-corrected chi connectivity index (χ1v) is 6.25. The van der Waals surface area contributed by atoms with Crippen molar-refractivity contribution in [2.24, 2.45) is 0 Å². The van der Waals surface area contributed by atoms with Crippen LogP contribution in [0.25, 0.3) is 0 Å². The Bertz CT molecular complexity index is 570. The molecule has 2 heteroatoms. The topological polar surface area (TPSA) is 29.1 Å². The second-order valence-electron chi connectivity index (χ2n) is 4.56. The fraction of sp³-hybridized carbons (Fsp3) is 0.118. The van der Waals surface area contributed by atoms with Gasteiger partial charge in [-0.05, 0) is 19.1 Å². The van der Waals surface area contributed by atoms with E-state index in [9.17, 15) is 4.79 Å². The minimum absolute atomic E-state index is 0.0773. The number of hydrogen-bond acceptors (Lipinski definition) is 2. The zero-order valence-electron chi connectivity index (χ0n) is 11.0. The van der Waals surface area contributed by atoms with Crippen molar-refractivity contribution in [3.63, 3.8) is 0 Å². The molecule has 19 heavy (non-hydrogen) atoms. The molecule has 0 aliphatic heterocycles. The zero-order chi connectivity index (χ0) is 13.7. The van der Waals surface area contributed by atoms with Crippen LogP contribution in [0.1, 0.15) is 22.3 Å². The van der Waals surface area contributed by atoms with Gasteiger partial charge >= 0.3 is 0 Å². The molecule has 0 aromatic heterocycles. The maximum absolute atomic E-state index is 12.1. The van der Waals surface area contributed by atoms with Crippen molar-refractivity contribution in [1.29, 1.82) is 0 Å². The quantitative estimate of drug-likeness (QED) is 0.807. The Labute approximate surface area is 113 Å². The number of ketones is 1. The molecule has 0 spiro atoms. The van der Waals surface area contributed by atoms with Gasteiger partial charge in [-0.25, -0.2) is 0 Å². The summed E-state index contributed by atoms with van der Waals surface area (Å²) in [5.74, 6) is 0.0773. The third kappa shape index (κ3) is 3.81. The van der Waals surface area contributed by atoms with Gasteiger partial charge in [0.1, 0.15) is 0 Å². The van der Waals surface area contributed by atoms with Crippen LogP contribution in [-0.4, -0.2) is 5.78 Å². The number of rotatable bonds is 5. The number of aryl methyl sites for hydroxylation is 1. The number of Topliss-reactive ketones (excluding diaryl/α,β-unsaturated/α-hetero) is 1. The first-order chi connectivity index (χ1) is 9.15. The van der Waals surface area contributed by atoms with E-state index in [4.69, 9.17) is 0 Å². The predicted octanol–water partition coefficient (Wildman–Crippen LogP) is 4.19. The molecule has 0 saturated carbocycles. The van der Waals surface area contributed by atoms with Crippen molar-refractivity contribution in [1.82, 2.24) is 0 Å². The van der Waals surface area contributed by atoms with Crippen molar-refractivity contribution in [3.05, 3.63) is 78.0 Å². The lowest BCUT2D eigenvalue weighted by Gasteiger charge is -2.09. The Morgan fingerprint density at radius 2 is 1.68 bits per heavy atom. The summed E-state index contributed by atoms with van der Waals surface area (Å²) in [4.78, 5) is 12.1. The van der Waals surface area contributed by atoms with Crippen molar-refractivity contribution in [3.8, 4) is 0 Å². The molecule has 0 amide bonds. The fourth-order valence-electron chi connectivity index (χ4n) is 1.81. The molecule has 0 aliphatic rings. The number of allylic oxidation sites excluding steroid dienone is 1. The highest BCUT2D eigenvalue weighted by molar-refractivity contribution is 5.97. The van der Waals surface area contributed by atoms with Gasteiger partial charge in [0.2, 0.25) is 0 Å². The van der Waals surface area contributed by atoms with Gasteiger partial charge in [-0.3, -0.25) is 4.79 Å². The molecule has 0 bridgehead atoms. The van der Waals surface area contributed by atoms with E-state index in [-0.39, 0.29) is 5.78 Å². The summed E-state index contributed by atoms with van der Waals surface area (Å²) in [5.41, 5.74) is 3.53. The Morgan fingerprint density at radius 3 is 2.32 bits per heavy atom. The second kappa shape index (κ2) is 6.01. The Hall–Kier alpha value is -2.35. The highest BCUT2D eigenvalue weighted by Gasteiger charge is 2.07. The summed E-state index contributed by atoms with van der Waals surface area (Å²) in [6.07, 6.45) is 0.304. The zero-order valence-corrected chi connectivity index (χ0v) is 11.0. The average molecular weight is 251 g/mol. The fourth-order valence-corrected chi connectivity index (χ4v) is 1.81. The summed E-state index contributed by atoms with van der Waals surface area (Å²) in [6.45, 7) is 5.91. The third-order valence-electron chi connectivity index (χ3n) is 2.84. The predicted molar refractivity (Wildman–Crippen MR) is 79.3 cm³/mol. The van der Waals surface area contributed by atoms with Gasteiger partial charge in [-0.1, -0.05) is 54.6 Å². The number of benzene rings is 2. The van der Waals surface area contributed by atoms with Gasteiger partial charge in [0.05, 0.1) is 6.42 Å². The average Bonchev–Trinajstić information content (AvgIpc) is 2.40. The summed E-state index contributed by atoms with van der Waals surface area (Å²) in [5, 5.41) is 3.14. The standard InChI is InChI=1S/C17H17NO/c1-13-8-10-15(11-9-13)17(19)12-14(2)18-16-6-4-3-5-7-16/h3-11,18H,2,12H2,1H3. The number of anilines is 1. The molecular formula is C17H17NO. The molecule has 2 rings (SSSR count). The molecule has 0 atom stereocenters. The molecule has 2 aromatic carbocycles. The van der Waals surface area contributed by atoms with Gasteiger partial charge in [0.25, 0.3) is 0 Å². The Balaban J connectivity index is 1.95. The molecule has 0 unspecified atom stereocenters. The molecule has 0 saturated heterocycles. The largest absolute Gasteiger partial charge is 0.359 e. The van der Waals surface area contributed by atoms with Crippen LogP contribution >= 0.6 is 0 Å². The first-order valence-electron chi connectivity index (χ1n) is 6.25. The van der Waals surface area contributed by atoms with E-state index in [2.05, 4.69) is 11.9 Å². The normalized spacial score (nSPS) is 9.95. The SMILES string of the molecule is C=C(CC(=O)c1ccc(C)cc1)Nc1ccccc1. The number of para-hydroxylation sites is 1. The van der Waals surface area contributed by atoms with Gasteiger partial charge in [-0.2, -0.15) is 0 Å². The van der Waals surface area contributed by atoms with Crippen LogP contribution < -0.4 is 5.32 Å². The van der Waals surface area contributed by atoms with E-state index < -0.39 is 0 Å². The van der Waals surface area contributed by atoms with Crippen LogP contribution in [0.2, 0.25) is 0 Å². The molecular weight excluding hydrogens is 234 g/mol. The highest BCUT2D eigenvalue weighted by Crippen LogP contribution is 2.13. The molecule has 96 valence electrons. The molecule has 1 N–H and O–H groups in total. The van der Waals surface area contributed by atoms with Gasteiger partial charge < -0.3 is 5.32 Å². The lowest BCUT2D eigenvalue weighted by Crippen LogP contribution is -2.06. The molecule has 2 aromatic rings. The third-order valence-corrected chi connectivity index (χ3v) is 2.84. The van der Waals surface area contributed by atoms with Crippen LogP contribution in [0.15, 0.2) is 66.9 Å². The second-order valence-corrected chi connectivity index (χ2v) is 4.56. The maximum atomic E-state index is 12.1.